The molecule has 3 heteroatoms. The second kappa shape index (κ2) is 14.0. The van der Waals surface area contributed by atoms with Crippen molar-refractivity contribution in [1.82, 2.24) is 5.01 Å². The third-order valence-electron chi connectivity index (χ3n) is 7.41. The van der Waals surface area contributed by atoms with Crippen LogP contribution >= 0.6 is 11.3 Å². The summed E-state index contributed by atoms with van der Waals surface area (Å²) in [6, 6.07) is 24.3. The fourth-order valence-electron chi connectivity index (χ4n) is 4.99. The zero-order chi connectivity index (χ0) is 29.3. The number of nitrogens with zero attached hydrogens (tertiary/aromatic N) is 1. The van der Waals surface area contributed by atoms with Crippen molar-refractivity contribution in [2.75, 3.05) is 12.5 Å². The second-order valence-corrected chi connectivity index (χ2v) is 11.8. The van der Waals surface area contributed by atoms with Gasteiger partial charge in [0, 0.05) is 28.4 Å². The lowest BCUT2D eigenvalue weighted by atomic mass is 9.94. The summed E-state index contributed by atoms with van der Waals surface area (Å²) in [5.41, 5.74) is 16.6. The van der Waals surface area contributed by atoms with Crippen LogP contribution in [0, 0.1) is 13.8 Å². The van der Waals surface area contributed by atoms with Gasteiger partial charge in [-0.1, -0.05) is 103 Å². The number of aryl methyl sites for hydroxylation is 2. The molecule has 0 bridgehead atoms. The van der Waals surface area contributed by atoms with Gasteiger partial charge >= 0.3 is 0 Å². The molecule has 0 saturated carbocycles. The number of fused-ring (bicyclic) bond motifs is 1. The van der Waals surface area contributed by atoms with Gasteiger partial charge in [0.05, 0.1) is 6.54 Å². The monoisotopic (exact) mass is 566 g/mol. The molecule has 0 radical (unpaired) electrons. The molecule has 0 atom stereocenters. The van der Waals surface area contributed by atoms with Crippen LogP contribution in [0.1, 0.15) is 56.0 Å². The highest BCUT2D eigenvalue weighted by Crippen LogP contribution is 2.29. The highest BCUT2D eigenvalue weighted by molar-refractivity contribution is 7.12. The minimum absolute atomic E-state index is 0.236. The molecule has 1 heterocycles. The van der Waals surface area contributed by atoms with Gasteiger partial charge in [-0.25, -0.2) is 5.01 Å². The lowest BCUT2D eigenvalue weighted by Gasteiger charge is -2.20. The maximum absolute atomic E-state index is 3.62. The summed E-state index contributed by atoms with van der Waals surface area (Å²) in [5, 5.41) is 2.16. The number of rotatable bonds is 8. The van der Waals surface area contributed by atoms with Crippen LogP contribution in [0.4, 0.5) is 5.69 Å². The van der Waals surface area contributed by atoms with Crippen LogP contribution in [-0.2, 0) is 6.54 Å². The molecule has 0 aliphatic heterocycles. The fraction of sp³-hybridized carbons (Fsp3) is 0.154. The predicted octanol–water partition coefficient (Wildman–Crippen LogP) is 10.4. The van der Waals surface area contributed by atoms with Gasteiger partial charge in [0.25, 0.3) is 0 Å². The van der Waals surface area contributed by atoms with Gasteiger partial charge in [-0.05, 0) is 90.1 Å². The Morgan fingerprint density at radius 3 is 2.45 bits per heavy atom. The number of allylic oxidation sites excluding steroid dienone is 9. The summed E-state index contributed by atoms with van der Waals surface area (Å²) in [7, 11) is 2.10. The fourth-order valence-corrected chi connectivity index (χ4v) is 6.03. The van der Waals surface area contributed by atoms with E-state index in [1.807, 2.05) is 0 Å². The zero-order valence-electron chi connectivity index (χ0n) is 24.8. The van der Waals surface area contributed by atoms with E-state index in [9.17, 15) is 0 Å². The normalized spacial score (nSPS) is 14.1. The van der Waals surface area contributed by atoms with Crippen molar-refractivity contribution in [2.24, 2.45) is 0 Å². The Balaban J connectivity index is 1.41. The molecule has 210 valence electrons. The highest BCUT2D eigenvalue weighted by atomic mass is 32.1. The summed E-state index contributed by atoms with van der Waals surface area (Å²) in [5.74, 6) is 0.236. The number of benzene rings is 2. The van der Waals surface area contributed by atoms with Crippen molar-refractivity contribution in [1.29, 1.82) is 0 Å². The van der Waals surface area contributed by atoms with Gasteiger partial charge in [0.2, 0.25) is 0 Å². The molecular weight excluding hydrogens is 529 g/mol. The molecule has 0 amide bonds. The largest absolute Gasteiger partial charge is 0.319 e. The topological polar surface area (TPSA) is 15.3 Å². The maximum atomic E-state index is 3.62. The number of hydrogen-bond donors (Lipinski definition) is 1. The Morgan fingerprint density at radius 2 is 1.67 bits per heavy atom. The van der Waals surface area contributed by atoms with E-state index in [4.69, 9.17) is 0 Å². The minimum Gasteiger partial charge on any atom is -0.319 e. The Morgan fingerprint density at radius 1 is 0.881 bits per heavy atom. The average molecular weight is 567 g/mol. The number of anilines is 1. The van der Waals surface area contributed by atoms with Crippen molar-refractivity contribution >= 4 is 34.7 Å². The SMILES string of the molecule is C/C=C\C=C(/c1cccc(NN(C)Cc2ccc(C3C=CC=CC=C3)ccc3c(s2)C=C=C3)c1)c1ccc(C)c(C)c1. The van der Waals surface area contributed by atoms with Crippen LogP contribution in [0.25, 0.3) is 17.7 Å². The number of nitrogens with one attached hydrogen (secondary N) is 1. The third kappa shape index (κ3) is 7.46. The van der Waals surface area contributed by atoms with E-state index in [-0.39, 0.29) is 5.92 Å². The average Bonchev–Trinajstić information content (AvgIpc) is 3.27. The van der Waals surface area contributed by atoms with Crippen LogP contribution in [-0.4, -0.2) is 12.1 Å². The van der Waals surface area contributed by atoms with Gasteiger partial charge in [-0.15, -0.1) is 17.1 Å². The Bertz CT molecular complexity index is 1700. The van der Waals surface area contributed by atoms with E-state index in [2.05, 4.69) is 178 Å². The quantitative estimate of drug-likeness (QED) is 0.130. The van der Waals surface area contributed by atoms with Crippen LogP contribution in [0.15, 0.2) is 127 Å². The van der Waals surface area contributed by atoms with Crippen molar-refractivity contribution in [3.8, 4) is 0 Å². The molecule has 2 aromatic carbocycles. The molecule has 2 nitrogen and oxygen atoms in total. The first-order valence-electron chi connectivity index (χ1n) is 14.4. The van der Waals surface area contributed by atoms with Crippen LogP contribution < -0.4 is 5.43 Å². The standard InChI is InChI=1S/C39H38N2S/c1-5-6-18-38(35-21-20-29(2)30(3)26-35)34-16-11-17-36(27-34)40-41(4)28-37-25-24-32(31-13-9-7-8-10-14-31)22-23-33-15-12-19-39(33)42-37/h5-11,13-27,31,40H,28H2,1-4H3/b6-5-,23-22?,32-24?,37-25?,38-18+. The predicted molar refractivity (Wildman–Crippen MR) is 184 cm³/mol. The lowest BCUT2D eigenvalue weighted by molar-refractivity contribution is 0.399. The first-order chi connectivity index (χ1) is 20.5. The summed E-state index contributed by atoms with van der Waals surface area (Å²) in [6.45, 7) is 7.14. The summed E-state index contributed by atoms with van der Waals surface area (Å²) in [4.78, 5) is 2.48. The van der Waals surface area contributed by atoms with Crippen molar-refractivity contribution in [3.05, 3.63) is 170 Å². The van der Waals surface area contributed by atoms with Crippen molar-refractivity contribution in [2.45, 2.75) is 33.2 Å². The van der Waals surface area contributed by atoms with Crippen molar-refractivity contribution in [3.63, 3.8) is 0 Å². The van der Waals surface area contributed by atoms with Gasteiger partial charge in [-0.2, -0.15) is 0 Å². The molecule has 3 aromatic rings. The molecule has 5 rings (SSSR count). The van der Waals surface area contributed by atoms with Gasteiger partial charge in [-0.3, -0.25) is 0 Å². The number of hydrazine groups is 1. The smallest absolute Gasteiger partial charge is 0.0520 e. The van der Waals surface area contributed by atoms with Gasteiger partial charge in [0.15, 0.2) is 0 Å². The van der Waals surface area contributed by atoms with Crippen LogP contribution in [0.3, 0.4) is 0 Å². The molecule has 1 N–H and O–H groups in total. The van der Waals surface area contributed by atoms with E-state index in [0.717, 1.165) is 12.2 Å². The molecular formula is C39H38N2S. The Hall–Kier alpha value is -4.40. The molecule has 0 saturated heterocycles. The van der Waals surface area contributed by atoms with Crippen molar-refractivity contribution < 1.29 is 0 Å². The van der Waals surface area contributed by atoms with Gasteiger partial charge in [0.1, 0.15) is 0 Å². The first-order valence-corrected chi connectivity index (χ1v) is 15.3. The minimum atomic E-state index is 0.236. The Labute approximate surface area is 255 Å². The second-order valence-electron chi connectivity index (χ2n) is 10.6. The van der Waals surface area contributed by atoms with E-state index >= 15 is 0 Å². The molecule has 2 aliphatic rings. The number of hydrogen-bond acceptors (Lipinski definition) is 3. The van der Waals surface area contributed by atoms with E-state index in [0.29, 0.717) is 0 Å². The third-order valence-corrected chi connectivity index (χ3v) is 8.51. The van der Waals surface area contributed by atoms with Crippen LogP contribution in [0.2, 0.25) is 0 Å². The van der Waals surface area contributed by atoms with E-state index in [1.54, 1.807) is 11.3 Å². The highest BCUT2D eigenvalue weighted by Gasteiger charge is 2.10. The molecule has 42 heavy (non-hydrogen) atoms. The maximum Gasteiger partial charge on any atom is 0.0520 e. The molecule has 2 aliphatic carbocycles. The molecule has 0 spiro atoms. The summed E-state index contributed by atoms with van der Waals surface area (Å²) < 4.78 is 0. The molecule has 0 fully saturated rings. The zero-order valence-corrected chi connectivity index (χ0v) is 25.7. The Kier molecular flexibility index (Phi) is 9.69. The molecule has 1 aromatic heterocycles. The first kappa shape index (κ1) is 29.1. The lowest BCUT2D eigenvalue weighted by Crippen LogP contribution is -2.24. The summed E-state index contributed by atoms with van der Waals surface area (Å²) >= 11 is 1.81. The van der Waals surface area contributed by atoms with E-state index < -0.39 is 0 Å². The van der Waals surface area contributed by atoms with E-state index in [1.165, 1.54) is 48.7 Å². The van der Waals surface area contributed by atoms with Gasteiger partial charge < -0.3 is 5.43 Å². The summed E-state index contributed by atoms with van der Waals surface area (Å²) in [6.07, 6.45) is 23.4. The van der Waals surface area contributed by atoms with Crippen LogP contribution in [0.5, 0.6) is 0 Å². The molecule has 0 unspecified atom stereocenters.